The number of hydrogen-bond acceptors (Lipinski definition) is 8. The van der Waals surface area contributed by atoms with Gasteiger partial charge in [-0.15, -0.1) is 0 Å². The van der Waals surface area contributed by atoms with E-state index in [0.29, 0.717) is 6.07 Å². The normalized spacial score (nSPS) is 12.2. The van der Waals surface area contributed by atoms with Gasteiger partial charge in [-0.05, 0) is 13.0 Å². The van der Waals surface area contributed by atoms with Gasteiger partial charge in [-0.25, -0.2) is 23.5 Å². The molecule has 186 valence electrons. The largest absolute Gasteiger partial charge is 0.466 e. The van der Waals surface area contributed by atoms with Crippen molar-refractivity contribution in [2.24, 2.45) is 7.05 Å². The molecule has 0 bridgehead atoms. The van der Waals surface area contributed by atoms with Gasteiger partial charge in [0.2, 0.25) is 5.88 Å². The first-order valence-corrected chi connectivity index (χ1v) is 9.86. The van der Waals surface area contributed by atoms with Crippen LogP contribution in [0.1, 0.15) is 12.6 Å². The zero-order valence-corrected chi connectivity index (χ0v) is 18.8. The van der Waals surface area contributed by atoms with E-state index in [1.54, 1.807) is 0 Å². The molecular formula is C20H15ClF4N4O6. The average molecular weight is 519 g/mol. The van der Waals surface area contributed by atoms with E-state index in [-0.39, 0.29) is 37.9 Å². The lowest BCUT2D eigenvalue weighted by Gasteiger charge is -2.15. The number of esters is 1. The van der Waals surface area contributed by atoms with E-state index in [9.17, 15) is 31.9 Å². The maximum absolute atomic E-state index is 14.6. The molecule has 0 N–H and O–H groups in total. The number of methoxy groups -OCH3 is 1. The van der Waals surface area contributed by atoms with Gasteiger partial charge in [0.15, 0.2) is 6.10 Å². The summed E-state index contributed by atoms with van der Waals surface area (Å²) in [5, 5.41) is -0.313. The Morgan fingerprint density at radius 3 is 2.51 bits per heavy atom. The van der Waals surface area contributed by atoms with Gasteiger partial charge in [0.25, 0.3) is 5.56 Å². The lowest BCUT2D eigenvalue weighted by atomic mass is 10.2. The van der Waals surface area contributed by atoms with Crippen LogP contribution in [0.15, 0.2) is 40.1 Å². The Morgan fingerprint density at radius 2 is 1.89 bits per heavy atom. The number of carbonyl (C=O) groups is 1. The van der Waals surface area contributed by atoms with Crippen LogP contribution < -0.4 is 20.7 Å². The molecule has 2 aromatic heterocycles. The number of aromatic nitrogens is 4. The van der Waals surface area contributed by atoms with E-state index >= 15 is 0 Å². The predicted octanol–water partition coefficient (Wildman–Crippen LogP) is 2.87. The van der Waals surface area contributed by atoms with Gasteiger partial charge in [-0.2, -0.15) is 18.2 Å². The summed E-state index contributed by atoms with van der Waals surface area (Å²) in [4.78, 5) is 44.0. The molecule has 1 unspecified atom stereocenters. The maximum Gasteiger partial charge on any atom is 0.431 e. The minimum Gasteiger partial charge on any atom is -0.466 e. The number of carbonyl (C=O) groups excluding carboxylic acids is 1. The van der Waals surface area contributed by atoms with Crippen LogP contribution in [0, 0.1) is 5.82 Å². The SMILES string of the molecule is COC(=O)C(C)Oc1nccc(Oc2cc(-n3c(=O)cc(C(F)(F)F)n(C)c3=O)c(F)cc2Cl)n1. The number of hydrogen-bond donors (Lipinski definition) is 0. The Kier molecular flexibility index (Phi) is 7.14. The minimum absolute atomic E-state index is 0.159. The van der Waals surface area contributed by atoms with Crippen molar-refractivity contribution in [1.29, 1.82) is 0 Å². The topological polar surface area (TPSA) is 115 Å². The first-order valence-electron chi connectivity index (χ1n) is 9.48. The fourth-order valence-electron chi connectivity index (χ4n) is 2.81. The molecule has 0 aliphatic heterocycles. The van der Waals surface area contributed by atoms with E-state index in [1.165, 1.54) is 19.2 Å². The van der Waals surface area contributed by atoms with E-state index in [0.717, 1.165) is 20.2 Å². The molecule has 15 heteroatoms. The molecule has 0 saturated carbocycles. The number of ether oxygens (including phenoxy) is 3. The molecule has 0 aliphatic rings. The second-order valence-corrected chi connectivity index (χ2v) is 7.25. The molecule has 0 amide bonds. The molecule has 1 aromatic carbocycles. The number of alkyl halides is 3. The summed E-state index contributed by atoms with van der Waals surface area (Å²) in [6.45, 7) is 1.38. The molecule has 35 heavy (non-hydrogen) atoms. The van der Waals surface area contributed by atoms with Crippen LogP contribution in [0.25, 0.3) is 5.69 Å². The lowest BCUT2D eigenvalue weighted by molar-refractivity contribution is -0.148. The zero-order valence-electron chi connectivity index (χ0n) is 18.1. The summed E-state index contributed by atoms with van der Waals surface area (Å²) in [6.07, 6.45) is -4.84. The number of halogens is 5. The smallest absolute Gasteiger partial charge is 0.431 e. The quantitative estimate of drug-likeness (QED) is 0.361. The summed E-state index contributed by atoms with van der Waals surface area (Å²) in [5.74, 6) is -2.38. The monoisotopic (exact) mass is 518 g/mol. The first kappa shape index (κ1) is 25.7. The molecule has 3 rings (SSSR count). The highest BCUT2D eigenvalue weighted by atomic mass is 35.5. The van der Waals surface area contributed by atoms with Gasteiger partial charge in [0.05, 0.1) is 17.8 Å². The Morgan fingerprint density at radius 1 is 1.20 bits per heavy atom. The highest BCUT2D eigenvalue weighted by molar-refractivity contribution is 6.32. The zero-order chi connectivity index (χ0) is 26.1. The maximum atomic E-state index is 14.6. The summed E-state index contributed by atoms with van der Waals surface area (Å²) in [6, 6.07) is 2.66. The van der Waals surface area contributed by atoms with Gasteiger partial charge in [-0.3, -0.25) is 9.36 Å². The fourth-order valence-corrected chi connectivity index (χ4v) is 3.00. The molecular weight excluding hydrogens is 504 g/mol. The van der Waals surface area contributed by atoms with Crippen LogP contribution in [0.4, 0.5) is 17.6 Å². The highest BCUT2D eigenvalue weighted by Crippen LogP contribution is 2.33. The predicted molar refractivity (Wildman–Crippen MR) is 111 cm³/mol. The van der Waals surface area contributed by atoms with Crippen LogP contribution in [0.3, 0.4) is 0 Å². The highest BCUT2D eigenvalue weighted by Gasteiger charge is 2.35. The van der Waals surface area contributed by atoms with Gasteiger partial charge in [0, 0.05) is 31.4 Å². The third-order valence-corrected chi connectivity index (χ3v) is 4.79. The van der Waals surface area contributed by atoms with Crippen LogP contribution in [0.5, 0.6) is 17.6 Å². The van der Waals surface area contributed by atoms with Gasteiger partial charge in [0.1, 0.15) is 17.3 Å². The van der Waals surface area contributed by atoms with Crippen molar-refractivity contribution in [3.8, 4) is 23.3 Å². The van der Waals surface area contributed by atoms with Crippen LogP contribution in [0.2, 0.25) is 5.02 Å². The molecule has 3 aromatic rings. The van der Waals surface area contributed by atoms with E-state index < -0.39 is 46.7 Å². The van der Waals surface area contributed by atoms with E-state index in [4.69, 9.17) is 21.1 Å². The van der Waals surface area contributed by atoms with E-state index in [1.807, 2.05) is 0 Å². The van der Waals surface area contributed by atoms with Crippen molar-refractivity contribution in [2.75, 3.05) is 7.11 Å². The average Bonchev–Trinajstić information content (AvgIpc) is 2.78. The molecule has 0 fully saturated rings. The Hall–Kier alpha value is -3.94. The Bertz CT molecular complexity index is 1410. The number of benzene rings is 1. The standard InChI is InChI=1S/C20H15ClF4N4O6/c1-9(17(31)33-3)34-18-26-5-4-15(27-18)35-13-7-12(11(22)6-10(13)21)29-16(30)8-14(20(23,24)25)28(2)19(29)32/h4-9H,1-3H3. The van der Waals surface area contributed by atoms with Crippen molar-refractivity contribution in [1.82, 2.24) is 19.1 Å². The van der Waals surface area contributed by atoms with Crippen molar-refractivity contribution in [2.45, 2.75) is 19.2 Å². The van der Waals surface area contributed by atoms with E-state index in [2.05, 4.69) is 14.7 Å². The second kappa shape index (κ2) is 9.74. The summed E-state index contributed by atoms with van der Waals surface area (Å²) < 4.78 is 69.5. The molecule has 0 aliphatic carbocycles. The molecule has 0 saturated heterocycles. The summed E-state index contributed by atoms with van der Waals surface area (Å²) in [5.41, 5.74) is -5.11. The van der Waals surface area contributed by atoms with Crippen LogP contribution >= 0.6 is 11.6 Å². The molecule has 0 radical (unpaired) electrons. The minimum atomic E-state index is -4.99. The van der Waals surface area contributed by atoms with Crippen molar-refractivity contribution in [3.63, 3.8) is 0 Å². The third-order valence-electron chi connectivity index (χ3n) is 4.49. The summed E-state index contributed by atoms with van der Waals surface area (Å²) >= 11 is 6.00. The number of nitrogens with zero attached hydrogens (tertiary/aromatic N) is 4. The van der Waals surface area contributed by atoms with Crippen molar-refractivity contribution >= 4 is 17.6 Å². The van der Waals surface area contributed by atoms with Gasteiger partial charge >= 0.3 is 23.8 Å². The fraction of sp³-hybridized carbons (Fsp3) is 0.250. The Labute approximate surface area is 198 Å². The Balaban J connectivity index is 2.03. The molecule has 0 spiro atoms. The lowest BCUT2D eigenvalue weighted by Crippen LogP contribution is -2.41. The van der Waals surface area contributed by atoms with Crippen LogP contribution in [-0.4, -0.2) is 38.3 Å². The molecule has 2 heterocycles. The second-order valence-electron chi connectivity index (χ2n) is 6.84. The van der Waals surface area contributed by atoms with Crippen LogP contribution in [-0.2, 0) is 22.8 Å². The van der Waals surface area contributed by atoms with Crippen molar-refractivity contribution in [3.05, 3.63) is 67.8 Å². The molecule has 1 atom stereocenters. The third kappa shape index (κ3) is 5.42. The van der Waals surface area contributed by atoms with Crippen molar-refractivity contribution < 1.29 is 36.6 Å². The first-order chi connectivity index (χ1) is 16.3. The number of rotatable bonds is 6. The molecule has 10 nitrogen and oxygen atoms in total. The summed E-state index contributed by atoms with van der Waals surface area (Å²) in [7, 11) is 1.94. The van der Waals surface area contributed by atoms with Gasteiger partial charge in [-0.1, -0.05) is 11.6 Å². The van der Waals surface area contributed by atoms with Gasteiger partial charge < -0.3 is 14.2 Å².